The van der Waals surface area contributed by atoms with E-state index in [-0.39, 0.29) is 16.9 Å². The van der Waals surface area contributed by atoms with Crippen LogP contribution in [0.3, 0.4) is 0 Å². The highest BCUT2D eigenvalue weighted by molar-refractivity contribution is 5.62. The van der Waals surface area contributed by atoms with Gasteiger partial charge < -0.3 is 10.3 Å². The Bertz CT molecular complexity index is 928. The molecule has 0 bridgehead atoms. The molecule has 2 aromatic carbocycles. The molecule has 0 fully saturated rings. The van der Waals surface area contributed by atoms with Gasteiger partial charge in [0, 0.05) is 28.4 Å². The fourth-order valence-electron chi connectivity index (χ4n) is 5.42. The van der Waals surface area contributed by atoms with Crippen molar-refractivity contribution >= 4 is 5.69 Å². The number of H-pyrrole nitrogens is 1. The third-order valence-electron chi connectivity index (χ3n) is 7.07. The van der Waals surface area contributed by atoms with Gasteiger partial charge in [0.25, 0.3) is 0 Å². The second-order valence-electron chi connectivity index (χ2n) is 9.35. The van der Waals surface area contributed by atoms with Crippen LogP contribution in [0.2, 0.25) is 0 Å². The summed E-state index contributed by atoms with van der Waals surface area (Å²) in [6.45, 7) is 9.45. The molecule has 5 rings (SSSR count). The summed E-state index contributed by atoms with van der Waals surface area (Å²) in [6, 6.07) is 22.5. The van der Waals surface area contributed by atoms with E-state index >= 15 is 0 Å². The van der Waals surface area contributed by atoms with E-state index in [9.17, 15) is 0 Å². The fraction of sp³-hybridized carbons (Fsp3) is 0.360. The molecule has 0 spiro atoms. The quantitative estimate of drug-likeness (QED) is 0.572. The Hall–Kier alpha value is -2.48. The molecule has 0 saturated carbocycles. The van der Waals surface area contributed by atoms with Gasteiger partial charge in [0.2, 0.25) is 0 Å². The summed E-state index contributed by atoms with van der Waals surface area (Å²) < 4.78 is 0. The second kappa shape index (κ2) is 5.51. The van der Waals surface area contributed by atoms with Gasteiger partial charge in [-0.2, -0.15) is 0 Å². The first-order chi connectivity index (χ1) is 12.9. The van der Waals surface area contributed by atoms with Crippen LogP contribution in [0.15, 0.2) is 60.7 Å². The number of anilines is 1. The molecule has 2 heterocycles. The van der Waals surface area contributed by atoms with Crippen LogP contribution in [0.1, 0.15) is 67.7 Å². The average molecular weight is 357 g/mol. The topological polar surface area (TPSA) is 27.8 Å². The lowest BCUT2D eigenvalue weighted by molar-refractivity contribution is 0.435. The minimum Gasteiger partial charge on any atom is -0.376 e. The highest BCUT2D eigenvalue weighted by Gasteiger charge is 2.43. The maximum absolute atomic E-state index is 3.82. The predicted octanol–water partition coefficient (Wildman–Crippen LogP) is 6.08. The van der Waals surface area contributed by atoms with Crippen molar-refractivity contribution < 1.29 is 0 Å². The Morgan fingerprint density at radius 3 is 2.15 bits per heavy atom. The lowest BCUT2D eigenvalue weighted by atomic mass is 9.77. The lowest BCUT2D eigenvalue weighted by Gasteiger charge is -2.29. The van der Waals surface area contributed by atoms with Gasteiger partial charge in [-0.1, -0.05) is 70.2 Å². The molecule has 2 aliphatic rings. The van der Waals surface area contributed by atoms with E-state index in [1.54, 1.807) is 0 Å². The van der Waals surface area contributed by atoms with E-state index in [1.807, 2.05) is 0 Å². The first-order valence-corrected chi connectivity index (χ1v) is 10.0. The summed E-state index contributed by atoms with van der Waals surface area (Å²) in [5.41, 5.74) is 8.52. The van der Waals surface area contributed by atoms with Gasteiger partial charge in [0.05, 0.1) is 6.04 Å². The number of para-hydroxylation sites is 1. The fourth-order valence-corrected chi connectivity index (χ4v) is 5.42. The van der Waals surface area contributed by atoms with Crippen molar-refractivity contribution in [2.45, 2.75) is 56.9 Å². The number of aromatic nitrogens is 1. The van der Waals surface area contributed by atoms with Crippen LogP contribution in [0.5, 0.6) is 0 Å². The number of aromatic amines is 1. The van der Waals surface area contributed by atoms with Crippen molar-refractivity contribution in [3.63, 3.8) is 0 Å². The minimum atomic E-state index is 0.0624. The molecule has 27 heavy (non-hydrogen) atoms. The molecule has 0 saturated heterocycles. The second-order valence-corrected chi connectivity index (χ2v) is 9.35. The van der Waals surface area contributed by atoms with Crippen LogP contribution in [-0.4, -0.2) is 4.98 Å². The Morgan fingerprint density at radius 1 is 0.741 bits per heavy atom. The lowest BCUT2D eigenvalue weighted by Crippen LogP contribution is -2.26. The van der Waals surface area contributed by atoms with Gasteiger partial charge in [0.15, 0.2) is 0 Å². The van der Waals surface area contributed by atoms with Gasteiger partial charge in [-0.15, -0.1) is 0 Å². The number of rotatable bonds is 2. The maximum atomic E-state index is 3.82. The normalized spacial score (nSPS) is 24.3. The summed E-state index contributed by atoms with van der Waals surface area (Å²) in [4.78, 5) is 3.82. The molecule has 3 aromatic rings. The summed E-state index contributed by atoms with van der Waals surface area (Å²) in [5.74, 6) is 0.496. The first-order valence-electron chi connectivity index (χ1n) is 10.0. The Kier molecular flexibility index (Phi) is 3.40. The smallest absolute Gasteiger partial charge is 0.0755 e. The van der Waals surface area contributed by atoms with Gasteiger partial charge in [-0.05, 0) is 46.7 Å². The van der Waals surface area contributed by atoms with Crippen molar-refractivity contribution in [1.29, 1.82) is 0 Å². The third-order valence-corrected chi connectivity index (χ3v) is 7.07. The predicted molar refractivity (Wildman–Crippen MR) is 113 cm³/mol. The molecule has 2 heteroatoms. The van der Waals surface area contributed by atoms with E-state index in [0.717, 1.165) is 6.42 Å². The zero-order valence-electron chi connectivity index (χ0n) is 16.6. The van der Waals surface area contributed by atoms with Crippen LogP contribution in [-0.2, 0) is 17.3 Å². The van der Waals surface area contributed by atoms with Crippen molar-refractivity contribution in [2.75, 3.05) is 5.32 Å². The number of nitrogens with one attached hydrogen (secondary N) is 2. The highest BCUT2D eigenvalue weighted by atomic mass is 15.0. The molecule has 1 aliphatic heterocycles. The number of hydrogen-bond donors (Lipinski definition) is 2. The highest BCUT2D eigenvalue weighted by Crippen LogP contribution is 2.50. The molecule has 1 aliphatic carbocycles. The van der Waals surface area contributed by atoms with E-state index in [4.69, 9.17) is 0 Å². The minimum absolute atomic E-state index is 0.0624. The van der Waals surface area contributed by atoms with Gasteiger partial charge >= 0.3 is 0 Å². The molecular formula is C25H28N2. The molecule has 138 valence electrons. The molecular weight excluding hydrogens is 328 g/mol. The number of benzene rings is 2. The molecule has 0 amide bonds. The van der Waals surface area contributed by atoms with Crippen molar-refractivity contribution in [3.05, 3.63) is 88.7 Å². The van der Waals surface area contributed by atoms with Crippen LogP contribution >= 0.6 is 0 Å². The Labute approximate surface area is 162 Å². The largest absolute Gasteiger partial charge is 0.376 e. The molecule has 2 N–H and O–H groups in total. The van der Waals surface area contributed by atoms with Crippen molar-refractivity contribution in [2.24, 2.45) is 0 Å². The van der Waals surface area contributed by atoms with Crippen molar-refractivity contribution in [1.82, 2.24) is 4.98 Å². The van der Waals surface area contributed by atoms with E-state index in [2.05, 4.69) is 98.7 Å². The zero-order chi connectivity index (χ0) is 18.8. The van der Waals surface area contributed by atoms with Crippen LogP contribution in [0, 0.1) is 0 Å². The molecule has 0 radical (unpaired) electrons. The summed E-state index contributed by atoms with van der Waals surface area (Å²) in [7, 11) is 0. The SMILES string of the molecule is CC1(C)c2ccccc2CC1c1ccc(C2Nc3ccccc3C2(C)C)[nH]1. The van der Waals surface area contributed by atoms with E-state index < -0.39 is 0 Å². The first kappa shape index (κ1) is 16.7. The Morgan fingerprint density at radius 2 is 1.41 bits per heavy atom. The Balaban J connectivity index is 1.49. The summed E-state index contributed by atoms with van der Waals surface area (Å²) in [5, 5.41) is 3.75. The van der Waals surface area contributed by atoms with Crippen LogP contribution in [0.25, 0.3) is 0 Å². The summed E-state index contributed by atoms with van der Waals surface area (Å²) >= 11 is 0. The van der Waals surface area contributed by atoms with Crippen LogP contribution in [0.4, 0.5) is 5.69 Å². The summed E-state index contributed by atoms with van der Waals surface area (Å²) in [6.07, 6.45) is 1.12. The third kappa shape index (κ3) is 2.32. The van der Waals surface area contributed by atoms with E-state index in [0.29, 0.717) is 5.92 Å². The standard InChI is InChI=1S/C25H28N2/c1-24(2)17-10-6-5-9-16(17)15-19(24)21-13-14-22(26-21)23-25(3,4)18-11-7-8-12-20(18)27-23/h5-14,19,23,26-27H,15H2,1-4H3. The van der Waals surface area contributed by atoms with Crippen molar-refractivity contribution in [3.8, 4) is 0 Å². The molecule has 2 unspecified atom stereocenters. The van der Waals surface area contributed by atoms with Gasteiger partial charge in [-0.3, -0.25) is 0 Å². The zero-order valence-corrected chi connectivity index (χ0v) is 16.6. The number of hydrogen-bond acceptors (Lipinski definition) is 1. The monoisotopic (exact) mass is 356 g/mol. The molecule has 1 aromatic heterocycles. The van der Waals surface area contributed by atoms with E-state index in [1.165, 1.54) is 33.8 Å². The molecule has 2 nitrogen and oxygen atoms in total. The number of fused-ring (bicyclic) bond motifs is 2. The average Bonchev–Trinajstić information content (AvgIpc) is 3.29. The maximum Gasteiger partial charge on any atom is 0.0755 e. The molecule has 2 atom stereocenters. The van der Waals surface area contributed by atoms with Gasteiger partial charge in [0.1, 0.15) is 0 Å². The van der Waals surface area contributed by atoms with Gasteiger partial charge in [-0.25, -0.2) is 0 Å². The van der Waals surface area contributed by atoms with Crippen LogP contribution < -0.4 is 5.32 Å².